The van der Waals surface area contributed by atoms with E-state index in [0.29, 0.717) is 17.3 Å². The number of ether oxygens (including phenoxy) is 1. The van der Waals surface area contributed by atoms with Gasteiger partial charge in [-0.3, -0.25) is 0 Å². The third-order valence-electron chi connectivity index (χ3n) is 4.64. The fraction of sp³-hybridized carbons (Fsp3) is 0.647. The predicted octanol–water partition coefficient (Wildman–Crippen LogP) is 4.08. The molecule has 1 saturated carbocycles. The molecule has 3 atom stereocenters. The quantitative estimate of drug-likeness (QED) is 0.670. The van der Waals surface area contributed by atoms with Gasteiger partial charge in [-0.25, -0.2) is 0 Å². The first-order chi connectivity index (χ1) is 9.84. The molecule has 0 saturated heterocycles. The van der Waals surface area contributed by atoms with Gasteiger partial charge >= 0.3 is 0 Å². The lowest BCUT2D eigenvalue weighted by Crippen LogP contribution is -2.39. The first-order valence-electron chi connectivity index (χ1n) is 7.94. The van der Waals surface area contributed by atoms with Crippen LogP contribution < -0.4 is 10.1 Å². The van der Waals surface area contributed by atoms with Crippen molar-refractivity contribution < 1.29 is 4.74 Å². The second-order valence-corrected chi connectivity index (χ2v) is 6.60. The van der Waals surface area contributed by atoms with Crippen LogP contribution in [0.15, 0.2) is 24.3 Å². The van der Waals surface area contributed by atoms with Gasteiger partial charge in [0.15, 0.2) is 0 Å². The summed E-state index contributed by atoms with van der Waals surface area (Å²) in [6.07, 6.45) is 7.41. The molecule has 1 aromatic rings. The number of alkyl halides is 1. The Morgan fingerprint density at radius 3 is 2.90 bits per heavy atom. The smallest absolute Gasteiger partial charge is 0.122 e. The van der Waals surface area contributed by atoms with Crippen molar-refractivity contribution in [3.05, 3.63) is 29.8 Å². The Kier molecular flexibility index (Phi) is 4.85. The van der Waals surface area contributed by atoms with E-state index in [0.717, 1.165) is 31.7 Å². The third kappa shape index (κ3) is 3.29. The van der Waals surface area contributed by atoms with E-state index in [-0.39, 0.29) is 0 Å². The van der Waals surface area contributed by atoms with Crippen LogP contribution in [0.25, 0.3) is 0 Å². The summed E-state index contributed by atoms with van der Waals surface area (Å²) >= 11 is 6.52. The van der Waals surface area contributed by atoms with Gasteiger partial charge in [-0.05, 0) is 30.9 Å². The number of fused-ring (bicyclic) bond motifs is 1. The van der Waals surface area contributed by atoms with Crippen LogP contribution in [0.5, 0.6) is 5.75 Å². The van der Waals surface area contributed by atoms with Crippen molar-refractivity contribution >= 4 is 11.6 Å². The van der Waals surface area contributed by atoms with E-state index in [1.54, 1.807) is 0 Å². The monoisotopic (exact) mass is 293 g/mol. The minimum absolute atomic E-state index is 0.299. The average Bonchev–Trinajstić information content (AvgIpc) is 2.69. The Hall–Kier alpha value is -0.730. The Labute approximate surface area is 126 Å². The minimum Gasteiger partial charge on any atom is -0.493 e. The zero-order valence-electron chi connectivity index (χ0n) is 12.0. The molecule has 1 aromatic carbocycles. The second-order valence-electron chi connectivity index (χ2n) is 6.04. The van der Waals surface area contributed by atoms with Crippen molar-refractivity contribution in [2.75, 3.05) is 13.2 Å². The largest absolute Gasteiger partial charge is 0.493 e. The molecule has 110 valence electrons. The molecule has 1 aliphatic carbocycles. The van der Waals surface area contributed by atoms with Gasteiger partial charge in [0, 0.05) is 23.9 Å². The van der Waals surface area contributed by atoms with Crippen LogP contribution in [0.1, 0.15) is 50.0 Å². The summed E-state index contributed by atoms with van der Waals surface area (Å²) < 4.78 is 5.73. The molecule has 1 N–H and O–H groups in total. The van der Waals surface area contributed by atoms with Crippen LogP contribution >= 0.6 is 11.6 Å². The highest BCUT2D eigenvalue weighted by Crippen LogP contribution is 2.33. The Bertz CT molecular complexity index is 437. The Morgan fingerprint density at radius 2 is 1.95 bits per heavy atom. The number of halogens is 1. The molecule has 0 amide bonds. The van der Waals surface area contributed by atoms with Crippen molar-refractivity contribution in [3.63, 3.8) is 0 Å². The van der Waals surface area contributed by atoms with Crippen molar-refractivity contribution in [2.24, 2.45) is 0 Å². The molecule has 20 heavy (non-hydrogen) atoms. The minimum atomic E-state index is 0.299. The molecule has 1 aliphatic heterocycles. The molecule has 3 unspecified atom stereocenters. The lowest BCUT2D eigenvalue weighted by atomic mass is 9.92. The lowest BCUT2D eigenvalue weighted by molar-refractivity contribution is 0.261. The summed E-state index contributed by atoms with van der Waals surface area (Å²) in [5.41, 5.74) is 1.35. The molecule has 2 nitrogen and oxygen atoms in total. The van der Waals surface area contributed by atoms with Crippen LogP contribution in [0, 0.1) is 0 Å². The van der Waals surface area contributed by atoms with E-state index in [9.17, 15) is 0 Å². The maximum atomic E-state index is 6.52. The standard InChI is InChI=1S/C17H24ClNO/c18-15-7-2-1-3-8-16(15)19-12-13-10-11-20-17-9-5-4-6-14(13)17/h4-6,9,13,15-16,19H,1-3,7-8,10-12H2. The number of hydrogen-bond acceptors (Lipinski definition) is 2. The van der Waals surface area contributed by atoms with Crippen molar-refractivity contribution in [2.45, 2.75) is 55.9 Å². The maximum Gasteiger partial charge on any atom is 0.122 e. The number of hydrogen-bond donors (Lipinski definition) is 1. The molecule has 0 radical (unpaired) electrons. The highest BCUT2D eigenvalue weighted by molar-refractivity contribution is 6.21. The first kappa shape index (κ1) is 14.2. The third-order valence-corrected chi connectivity index (χ3v) is 5.16. The van der Waals surface area contributed by atoms with E-state index in [2.05, 4.69) is 29.6 Å². The van der Waals surface area contributed by atoms with Gasteiger partial charge in [-0.2, -0.15) is 0 Å². The van der Waals surface area contributed by atoms with E-state index in [4.69, 9.17) is 16.3 Å². The van der Waals surface area contributed by atoms with Crippen molar-refractivity contribution in [3.8, 4) is 5.75 Å². The van der Waals surface area contributed by atoms with E-state index in [1.807, 2.05) is 0 Å². The number of para-hydroxylation sites is 1. The zero-order chi connectivity index (χ0) is 13.8. The maximum absolute atomic E-state index is 6.52. The van der Waals surface area contributed by atoms with Crippen LogP contribution in [-0.4, -0.2) is 24.6 Å². The normalized spacial score (nSPS) is 30.1. The molecule has 1 fully saturated rings. The molecule has 3 rings (SSSR count). The average molecular weight is 294 g/mol. The first-order valence-corrected chi connectivity index (χ1v) is 8.37. The van der Waals surface area contributed by atoms with Crippen LogP contribution in [0.3, 0.4) is 0 Å². The summed E-state index contributed by atoms with van der Waals surface area (Å²) in [5, 5.41) is 4.03. The molecule has 0 bridgehead atoms. The number of nitrogens with one attached hydrogen (secondary N) is 1. The molecule has 0 aromatic heterocycles. The topological polar surface area (TPSA) is 21.3 Å². The van der Waals surface area contributed by atoms with Gasteiger partial charge in [0.2, 0.25) is 0 Å². The van der Waals surface area contributed by atoms with Gasteiger partial charge in [0.05, 0.1) is 6.61 Å². The highest BCUT2D eigenvalue weighted by Gasteiger charge is 2.25. The second kappa shape index (κ2) is 6.82. The number of rotatable bonds is 3. The van der Waals surface area contributed by atoms with E-state index in [1.165, 1.54) is 31.2 Å². The lowest BCUT2D eigenvalue weighted by Gasteiger charge is -2.29. The molecule has 3 heteroatoms. The highest BCUT2D eigenvalue weighted by atomic mass is 35.5. The molecule has 0 spiro atoms. The Balaban J connectivity index is 1.61. The van der Waals surface area contributed by atoms with Crippen LogP contribution in [-0.2, 0) is 0 Å². The molecular formula is C17H24ClNO. The summed E-state index contributed by atoms with van der Waals surface area (Å²) in [4.78, 5) is 0. The molecular weight excluding hydrogens is 270 g/mol. The predicted molar refractivity (Wildman–Crippen MR) is 83.8 cm³/mol. The summed E-state index contributed by atoms with van der Waals surface area (Å²) in [5.74, 6) is 1.63. The van der Waals surface area contributed by atoms with Crippen molar-refractivity contribution in [1.82, 2.24) is 5.32 Å². The Morgan fingerprint density at radius 1 is 1.10 bits per heavy atom. The van der Waals surface area contributed by atoms with Gasteiger partial charge < -0.3 is 10.1 Å². The summed E-state index contributed by atoms with van der Waals surface area (Å²) in [7, 11) is 0. The van der Waals surface area contributed by atoms with E-state index < -0.39 is 0 Å². The van der Waals surface area contributed by atoms with Gasteiger partial charge in [-0.15, -0.1) is 11.6 Å². The fourth-order valence-electron chi connectivity index (χ4n) is 3.41. The zero-order valence-corrected chi connectivity index (χ0v) is 12.7. The van der Waals surface area contributed by atoms with Crippen LogP contribution in [0.2, 0.25) is 0 Å². The van der Waals surface area contributed by atoms with Gasteiger partial charge in [0.25, 0.3) is 0 Å². The molecule has 2 aliphatic rings. The molecule has 1 heterocycles. The van der Waals surface area contributed by atoms with Gasteiger partial charge in [-0.1, -0.05) is 37.5 Å². The summed E-state index contributed by atoms with van der Waals surface area (Å²) in [6, 6.07) is 8.92. The van der Waals surface area contributed by atoms with Gasteiger partial charge in [0.1, 0.15) is 5.75 Å². The van der Waals surface area contributed by atoms with Crippen LogP contribution in [0.4, 0.5) is 0 Å². The summed E-state index contributed by atoms with van der Waals surface area (Å²) in [6.45, 7) is 1.85. The van der Waals surface area contributed by atoms with Crippen molar-refractivity contribution in [1.29, 1.82) is 0 Å². The SMILES string of the molecule is ClC1CCCCCC1NCC1CCOc2ccccc21. The van der Waals surface area contributed by atoms with E-state index >= 15 is 0 Å². The fourth-order valence-corrected chi connectivity index (χ4v) is 3.78. The number of benzene rings is 1.